The highest BCUT2D eigenvalue weighted by Gasteiger charge is 2.33. The van der Waals surface area contributed by atoms with E-state index < -0.39 is 10.0 Å². The molecule has 0 aliphatic carbocycles. The van der Waals surface area contributed by atoms with Crippen molar-refractivity contribution in [2.24, 2.45) is 0 Å². The van der Waals surface area contributed by atoms with E-state index in [1.54, 1.807) is 36.4 Å². The van der Waals surface area contributed by atoms with Gasteiger partial charge in [0.2, 0.25) is 0 Å². The summed E-state index contributed by atoms with van der Waals surface area (Å²) < 4.78 is 30.2. The van der Waals surface area contributed by atoms with Crippen LogP contribution in [0.5, 0.6) is 0 Å². The molecular formula is C21H24N3O3PS. The van der Waals surface area contributed by atoms with Gasteiger partial charge in [0.15, 0.2) is 0 Å². The van der Waals surface area contributed by atoms with Crippen LogP contribution in [-0.4, -0.2) is 36.8 Å². The lowest BCUT2D eigenvalue weighted by Gasteiger charge is -2.39. The largest absolute Gasteiger partial charge is 0.348 e. The molecule has 3 aromatic rings. The van der Waals surface area contributed by atoms with Gasteiger partial charge in [-0.25, -0.2) is 8.42 Å². The summed E-state index contributed by atoms with van der Waals surface area (Å²) in [5, 5.41) is 3.94. The van der Waals surface area contributed by atoms with Crippen molar-refractivity contribution >= 4 is 41.1 Å². The van der Waals surface area contributed by atoms with Crippen LogP contribution in [0.25, 0.3) is 10.9 Å². The van der Waals surface area contributed by atoms with Gasteiger partial charge in [0.1, 0.15) is 0 Å². The quantitative estimate of drug-likeness (QED) is 0.587. The van der Waals surface area contributed by atoms with Gasteiger partial charge in [-0.15, -0.1) is 8.58 Å². The van der Waals surface area contributed by atoms with Gasteiger partial charge in [0, 0.05) is 40.4 Å². The first kappa shape index (κ1) is 19.9. The second kappa shape index (κ2) is 7.47. The third-order valence-electron chi connectivity index (χ3n) is 5.24. The minimum atomic E-state index is -3.72. The summed E-state index contributed by atoms with van der Waals surface area (Å²) in [6, 6.07) is 13.5. The number of aromatic nitrogens is 1. The predicted molar refractivity (Wildman–Crippen MR) is 119 cm³/mol. The Labute approximate surface area is 172 Å². The number of carbonyl (C=O) groups excluding carboxylic acids is 1. The first-order valence-corrected chi connectivity index (χ1v) is 12.4. The molecule has 2 N–H and O–H groups in total. The number of hydrogen-bond donors (Lipinski definition) is 2. The second-order valence-corrected chi connectivity index (χ2v) is 10.5. The van der Waals surface area contributed by atoms with Crippen molar-refractivity contribution in [2.45, 2.75) is 30.8 Å². The Morgan fingerprint density at radius 3 is 2.48 bits per heavy atom. The third-order valence-corrected chi connectivity index (χ3v) is 8.68. The van der Waals surface area contributed by atoms with Crippen LogP contribution in [0, 0.1) is 0 Å². The molecule has 0 atom stereocenters. The van der Waals surface area contributed by atoms with E-state index in [1.807, 2.05) is 25.3 Å². The maximum atomic E-state index is 12.8. The molecule has 1 amide bonds. The molecule has 1 aliphatic rings. The maximum absolute atomic E-state index is 12.8. The summed E-state index contributed by atoms with van der Waals surface area (Å²) >= 11 is 0. The van der Waals surface area contributed by atoms with E-state index in [1.165, 1.54) is 0 Å². The number of fused-ring (bicyclic) bond motifs is 1. The van der Waals surface area contributed by atoms with Gasteiger partial charge in [0.05, 0.1) is 4.90 Å². The number of carbonyl (C=O) groups is 1. The molecule has 4 rings (SSSR count). The molecule has 2 aromatic carbocycles. The monoisotopic (exact) mass is 429 g/mol. The average Bonchev–Trinajstić information content (AvgIpc) is 3.09. The molecular weight excluding hydrogens is 405 g/mol. The molecule has 0 unspecified atom stereocenters. The Balaban J connectivity index is 1.50. The highest BCUT2D eigenvalue weighted by Crippen LogP contribution is 2.34. The zero-order valence-electron chi connectivity index (χ0n) is 16.4. The molecule has 2 heterocycles. The van der Waals surface area contributed by atoms with E-state index in [9.17, 15) is 13.2 Å². The number of sulfonamides is 1. The number of hydrogen-bond acceptors (Lipinski definition) is 3. The molecule has 0 radical (unpaired) electrons. The van der Waals surface area contributed by atoms with Gasteiger partial charge in [-0.2, -0.15) is 0 Å². The van der Waals surface area contributed by atoms with Crippen molar-refractivity contribution in [1.82, 2.24) is 9.88 Å². The van der Waals surface area contributed by atoms with Gasteiger partial charge in [0.25, 0.3) is 15.9 Å². The lowest BCUT2D eigenvalue weighted by Crippen LogP contribution is -2.54. The van der Waals surface area contributed by atoms with Crippen molar-refractivity contribution in [3.05, 3.63) is 60.3 Å². The number of nitrogens with one attached hydrogen (secondary N) is 2. The summed E-state index contributed by atoms with van der Waals surface area (Å²) in [7, 11) is -2.81. The van der Waals surface area contributed by atoms with E-state index >= 15 is 0 Å². The standard InChI is InChI=1S/C21H24N3O3PS/c1-3-24-11-10-16-12-18(8-9-19(16)24)29(26,27)23-17-6-4-15(5-7-17)20(25)22-21(2)13-28-14-21/h4-12,23,28H,3,13-14H2,1-2H3,(H,22,25). The van der Waals surface area contributed by atoms with Crippen molar-refractivity contribution in [3.8, 4) is 0 Å². The molecule has 29 heavy (non-hydrogen) atoms. The molecule has 1 aromatic heterocycles. The van der Waals surface area contributed by atoms with Crippen LogP contribution in [-0.2, 0) is 16.6 Å². The topological polar surface area (TPSA) is 80.2 Å². The van der Waals surface area contributed by atoms with Crippen LogP contribution in [0.15, 0.2) is 59.6 Å². The van der Waals surface area contributed by atoms with Gasteiger partial charge < -0.3 is 9.88 Å². The fraction of sp³-hybridized carbons (Fsp3) is 0.286. The van der Waals surface area contributed by atoms with Gasteiger partial charge in [-0.05, 0) is 74.7 Å². The predicted octanol–water partition coefficient (Wildman–Crippen LogP) is 3.64. The maximum Gasteiger partial charge on any atom is 0.261 e. The molecule has 6 nitrogen and oxygen atoms in total. The van der Waals surface area contributed by atoms with Crippen LogP contribution in [0.2, 0.25) is 0 Å². The van der Waals surface area contributed by atoms with Crippen molar-refractivity contribution in [3.63, 3.8) is 0 Å². The minimum Gasteiger partial charge on any atom is -0.348 e. The van der Waals surface area contributed by atoms with Gasteiger partial charge >= 0.3 is 0 Å². The third kappa shape index (κ3) is 4.02. The molecule has 152 valence electrons. The number of amides is 1. The van der Waals surface area contributed by atoms with Crippen LogP contribution >= 0.6 is 8.58 Å². The van der Waals surface area contributed by atoms with Crippen LogP contribution in [0.3, 0.4) is 0 Å². The average molecular weight is 429 g/mol. The van der Waals surface area contributed by atoms with Crippen LogP contribution in [0.4, 0.5) is 5.69 Å². The molecule has 0 bridgehead atoms. The van der Waals surface area contributed by atoms with Crippen LogP contribution in [0.1, 0.15) is 24.2 Å². The number of aryl methyl sites for hydroxylation is 1. The fourth-order valence-electron chi connectivity index (χ4n) is 3.46. The highest BCUT2D eigenvalue weighted by molar-refractivity contribution is 7.92. The lowest BCUT2D eigenvalue weighted by molar-refractivity contribution is 0.0918. The van der Waals surface area contributed by atoms with Gasteiger partial charge in [-0.1, -0.05) is 0 Å². The zero-order valence-corrected chi connectivity index (χ0v) is 18.2. The molecule has 1 fully saturated rings. The Morgan fingerprint density at radius 2 is 1.86 bits per heavy atom. The van der Waals surface area contributed by atoms with Crippen molar-refractivity contribution in [1.29, 1.82) is 0 Å². The zero-order chi connectivity index (χ0) is 20.6. The number of anilines is 1. The summed E-state index contributed by atoms with van der Waals surface area (Å²) in [5.41, 5.74) is 1.84. The molecule has 1 aliphatic heterocycles. The Hall–Kier alpha value is -2.37. The molecule has 0 saturated carbocycles. The van der Waals surface area contributed by atoms with E-state index in [4.69, 9.17) is 0 Å². The highest BCUT2D eigenvalue weighted by atomic mass is 32.2. The number of nitrogens with zero attached hydrogens (tertiary/aromatic N) is 1. The molecule has 8 heteroatoms. The van der Waals surface area contributed by atoms with E-state index in [2.05, 4.69) is 21.5 Å². The normalized spacial score (nSPS) is 19.8. The minimum absolute atomic E-state index is 0.106. The smallest absolute Gasteiger partial charge is 0.261 e. The Bertz CT molecular complexity index is 1170. The van der Waals surface area contributed by atoms with E-state index in [0.717, 1.165) is 38.4 Å². The first-order chi connectivity index (χ1) is 13.8. The van der Waals surface area contributed by atoms with E-state index in [0.29, 0.717) is 11.3 Å². The Kier molecular flexibility index (Phi) is 5.13. The SMILES string of the molecule is CCn1ccc2cc(S(=O)(=O)Nc3ccc(C(=O)NC4(C)CPC4)cc3)ccc21. The molecule has 0 spiro atoms. The first-order valence-electron chi connectivity index (χ1n) is 9.55. The number of benzene rings is 2. The van der Waals surface area contributed by atoms with Crippen molar-refractivity contribution in [2.75, 3.05) is 17.0 Å². The fourth-order valence-corrected chi connectivity index (χ4v) is 5.73. The second-order valence-electron chi connectivity index (χ2n) is 7.62. The summed E-state index contributed by atoms with van der Waals surface area (Å²) in [4.78, 5) is 12.6. The lowest BCUT2D eigenvalue weighted by atomic mass is 10.1. The van der Waals surface area contributed by atoms with Gasteiger partial charge in [-0.3, -0.25) is 9.52 Å². The van der Waals surface area contributed by atoms with E-state index in [-0.39, 0.29) is 16.3 Å². The summed E-state index contributed by atoms with van der Waals surface area (Å²) in [5.74, 6) is -0.128. The molecule has 1 saturated heterocycles. The van der Waals surface area contributed by atoms with Crippen LogP contribution < -0.4 is 10.0 Å². The van der Waals surface area contributed by atoms with Crippen molar-refractivity contribution < 1.29 is 13.2 Å². The number of rotatable bonds is 6. The summed E-state index contributed by atoms with van der Waals surface area (Å²) in [6.45, 7) is 4.92. The Morgan fingerprint density at radius 1 is 1.14 bits per heavy atom. The summed E-state index contributed by atoms with van der Waals surface area (Å²) in [6.07, 6.45) is 3.98.